The van der Waals surface area contributed by atoms with Gasteiger partial charge in [0.05, 0.1) is 0 Å². The second-order valence-corrected chi connectivity index (χ2v) is 6.53. The average Bonchev–Trinajstić information content (AvgIpc) is 2.62. The van der Waals surface area contributed by atoms with E-state index in [0.29, 0.717) is 42.1 Å². The van der Waals surface area contributed by atoms with Crippen molar-refractivity contribution in [1.29, 1.82) is 0 Å². The highest BCUT2D eigenvalue weighted by Crippen LogP contribution is 2.17. The molecule has 5 nitrogen and oxygen atoms in total. The van der Waals surface area contributed by atoms with E-state index in [1.165, 1.54) is 12.1 Å². The molecular formula is C19H19ClN2O3. The first-order chi connectivity index (χ1) is 12.0. The van der Waals surface area contributed by atoms with Crippen LogP contribution < -0.4 is 5.32 Å². The summed E-state index contributed by atoms with van der Waals surface area (Å²) in [5.41, 5.74) is 1.05. The van der Waals surface area contributed by atoms with E-state index >= 15 is 0 Å². The summed E-state index contributed by atoms with van der Waals surface area (Å²) < 4.78 is 0. The predicted molar refractivity (Wildman–Crippen MR) is 96.0 cm³/mol. The Morgan fingerprint density at radius 3 is 2.36 bits per heavy atom. The first kappa shape index (κ1) is 17.3. The van der Waals surface area contributed by atoms with Crippen LogP contribution in [0.2, 0.25) is 5.02 Å². The molecular weight excluding hydrogens is 340 g/mol. The van der Waals surface area contributed by atoms with Gasteiger partial charge in [-0.05, 0) is 55.3 Å². The zero-order chi connectivity index (χ0) is 17.8. The first-order valence-electron chi connectivity index (χ1n) is 8.17. The van der Waals surface area contributed by atoms with Crippen molar-refractivity contribution in [1.82, 2.24) is 10.2 Å². The fourth-order valence-electron chi connectivity index (χ4n) is 2.92. The van der Waals surface area contributed by atoms with Crippen molar-refractivity contribution in [3.05, 3.63) is 64.7 Å². The maximum Gasteiger partial charge on any atom is 0.253 e. The number of carbonyl (C=O) groups is 2. The van der Waals surface area contributed by atoms with Gasteiger partial charge in [-0.3, -0.25) is 9.59 Å². The molecule has 0 unspecified atom stereocenters. The summed E-state index contributed by atoms with van der Waals surface area (Å²) in [5, 5.41) is 13.1. The van der Waals surface area contributed by atoms with Crippen molar-refractivity contribution in [3.8, 4) is 5.75 Å². The fourth-order valence-corrected chi connectivity index (χ4v) is 3.04. The number of aromatic hydroxyl groups is 1. The molecule has 1 fully saturated rings. The summed E-state index contributed by atoms with van der Waals surface area (Å²) in [5.74, 6) is -0.149. The van der Waals surface area contributed by atoms with Crippen LogP contribution in [0.15, 0.2) is 48.5 Å². The maximum absolute atomic E-state index is 12.4. The van der Waals surface area contributed by atoms with Gasteiger partial charge in [-0.2, -0.15) is 0 Å². The topological polar surface area (TPSA) is 69.6 Å². The molecule has 1 heterocycles. The van der Waals surface area contributed by atoms with E-state index in [9.17, 15) is 14.7 Å². The average molecular weight is 359 g/mol. The van der Waals surface area contributed by atoms with Gasteiger partial charge in [0, 0.05) is 35.3 Å². The van der Waals surface area contributed by atoms with Gasteiger partial charge in [0.1, 0.15) is 5.75 Å². The van der Waals surface area contributed by atoms with Crippen molar-refractivity contribution in [2.24, 2.45) is 0 Å². The first-order valence-corrected chi connectivity index (χ1v) is 8.55. The number of benzene rings is 2. The largest absolute Gasteiger partial charge is 0.508 e. The number of hydrogen-bond acceptors (Lipinski definition) is 3. The number of rotatable bonds is 3. The van der Waals surface area contributed by atoms with Crippen molar-refractivity contribution in [3.63, 3.8) is 0 Å². The number of nitrogens with zero attached hydrogens (tertiary/aromatic N) is 1. The van der Waals surface area contributed by atoms with E-state index in [4.69, 9.17) is 11.6 Å². The molecule has 0 saturated carbocycles. The van der Waals surface area contributed by atoms with Crippen LogP contribution in [-0.2, 0) is 0 Å². The number of piperidine rings is 1. The van der Waals surface area contributed by atoms with Gasteiger partial charge in [-0.25, -0.2) is 0 Å². The van der Waals surface area contributed by atoms with Crippen LogP contribution in [-0.4, -0.2) is 41.0 Å². The summed E-state index contributed by atoms with van der Waals surface area (Å²) >= 11 is 5.83. The van der Waals surface area contributed by atoms with E-state index in [1.54, 1.807) is 41.3 Å². The highest BCUT2D eigenvalue weighted by atomic mass is 35.5. The lowest BCUT2D eigenvalue weighted by molar-refractivity contribution is 0.0697. The molecule has 1 aliphatic heterocycles. The number of phenolic OH excluding ortho intramolecular Hbond substituents is 1. The number of hydrogen-bond donors (Lipinski definition) is 2. The van der Waals surface area contributed by atoms with Gasteiger partial charge in [0.25, 0.3) is 11.8 Å². The van der Waals surface area contributed by atoms with Crippen LogP contribution >= 0.6 is 11.6 Å². The van der Waals surface area contributed by atoms with Crippen molar-refractivity contribution < 1.29 is 14.7 Å². The van der Waals surface area contributed by atoms with Gasteiger partial charge >= 0.3 is 0 Å². The van der Waals surface area contributed by atoms with Crippen molar-refractivity contribution >= 4 is 23.4 Å². The Morgan fingerprint density at radius 1 is 1.04 bits per heavy atom. The van der Waals surface area contributed by atoms with Crippen LogP contribution in [0.25, 0.3) is 0 Å². The summed E-state index contributed by atoms with van der Waals surface area (Å²) in [7, 11) is 0. The molecule has 0 aliphatic carbocycles. The number of amides is 2. The minimum atomic E-state index is -0.130. The Balaban J connectivity index is 1.54. The number of phenols is 1. The summed E-state index contributed by atoms with van der Waals surface area (Å²) in [6, 6.07) is 13.2. The Hall–Kier alpha value is -2.53. The quantitative estimate of drug-likeness (QED) is 0.885. The van der Waals surface area contributed by atoms with Crippen molar-refractivity contribution in [2.75, 3.05) is 13.1 Å². The van der Waals surface area contributed by atoms with Crippen LogP contribution in [0.4, 0.5) is 0 Å². The molecule has 1 saturated heterocycles. The molecule has 25 heavy (non-hydrogen) atoms. The van der Waals surface area contributed by atoms with E-state index in [2.05, 4.69) is 5.32 Å². The van der Waals surface area contributed by atoms with Crippen LogP contribution in [0.1, 0.15) is 33.6 Å². The fraction of sp³-hybridized carbons (Fsp3) is 0.263. The molecule has 0 radical (unpaired) electrons. The van der Waals surface area contributed by atoms with Gasteiger partial charge in [-0.1, -0.05) is 17.7 Å². The Kier molecular flexibility index (Phi) is 5.24. The van der Waals surface area contributed by atoms with E-state index in [0.717, 1.165) is 0 Å². The predicted octanol–water partition coefficient (Wildman–Crippen LogP) is 3.08. The lowest BCUT2D eigenvalue weighted by Crippen LogP contribution is -2.46. The SMILES string of the molecule is O=C(NC1CCN(C(=O)c2cccc(O)c2)CC1)c1ccc(Cl)cc1. The lowest BCUT2D eigenvalue weighted by atomic mass is 10.0. The minimum absolute atomic E-state index is 0.0383. The van der Waals surface area contributed by atoms with Crippen LogP contribution in [0.5, 0.6) is 5.75 Å². The van der Waals surface area contributed by atoms with Crippen LogP contribution in [0.3, 0.4) is 0 Å². The molecule has 2 amide bonds. The monoisotopic (exact) mass is 358 g/mol. The summed E-state index contributed by atoms with van der Waals surface area (Å²) in [6.07, 6.45) is 1.40. The normalized spacial score (nSPS) is 15.0. The number of nitrogens with one attached hydrogen (secondary N) is 1. The minimum Gasteiger partial charge on any atom is -0.508 e. The Labute approximate surface area is 151 Å². The third-order valence-corrected chi connectivity index (χ3v) is 4.57. The molecule has 0 bridgehead atoms. The van der Waals surface area contributed by atoms with Gasteiger partial charge < -0.3 is 15.3 Å². The number of carbonyl (C=O) groups excluding carboxylic acids is 2. The van der Waals surface area contributed by atoms with Gasteiger partial charge in [0.15, 0.2) is 0 Å². The molecule has 2 N–H and O–H groups in total. The van der Waals surface area contributed by atoms with Gasteiger partial charge in [0.2, 0.25) is 0 Å². The smallest absolute Gasteiger partial charge is 0.253 e. The summed E-state index contributed by atoms with van der Waals surface area (Å²) in [4.78, 5) is 26.4. The standard InChI is InChI=1S/C19H19ClN2O3/c20-15-6-4-13(5-7-15)18(24)21-16-8-10-22(11-9-16)19(25)14-2-1-3-17(23)12-14/h1-7,12,16,23H,8-11H2,(H,21,24). The zero-order valence-corrected chi connectivity index (χ0v) is 14.4. The summed E-state index contributed by atoms with van der Waals surface area (Å²) in [6.45, 7) is 1.14. The van der Waals surface area contributed by atoms with E-state index in [1.807, 2.05) is 0 Å². The Morgan fingerprint density at radius 2 is 1.72 bits per heavy atom. The van der Waals surface area contributed by atoms with Crippen molar-refractivity contribution in [2.45, 2.75) is 18.9 Å². The molecule has 0 atom stereocenters. The highest BCUT2D eigenvalue weighted by molar-refractivity contribution is 6.30. The molecule has 0 aromatic heterocycles. The number of halogens is 1. The van der Waals surface area contributed by atoms with Gasteiger partial charge in [-0.15, -0.1) is 0 Å². The Bertz CT molecular complexity index is 768. The van der Waals surface area contributed by atoms with E-state index in [-0.39, 0.29) is 23.6 Å². The third-order valence-electron chi connectivity index (χ3n) is 4.32. The lowest BCUT2D eigenvalue weighted by Gasteiger charge is -2.32. The molecule has 2 aromatic carbocycles. The second-order valence-electron chi connectivity index (χ2n) is 6.10. The molecule has 130 valence electrons. The zero-order valence-electron chi connectivity index (χ0n) is 13.6. The molecule has 0 spiro atoms. The highest BCUT2D eigenvalue weighted by Gasteiger charge is 2.25. The molecule has 3 rings (SSSR count). The second kappa shape index (κ2) is 7.57. The molecule has 2 aromatic rings. The van der Waals surface area contributed by atoms with E-state index < -0.39 is 0 Å². The van der Waals surface area contributed by atoms with Crippen LogP contribution in [0, 0.1) is 0 Å². The maximum atomic E-state index is 12.4. The molecule has 1 aliphatic rings. The number of likely N-dealkylation sites (tertiary alicyclic amines) is 1. The molecule has 6 heteroatoms. The third kappa shape index (κ3) is 4.31.